The summed E-state index contributed by atoms with van der Waals surface area (Å²) in [6, 6.07) is 13.2. The molecule has 2 aromatic carbocycles. The molecule has 2 N–H and O–H groups in total. The van der Waals surface area contributed by atoms with E-state index in [1.54, 1.807) is 12.1 Å². The van der Waals surface area contributed by atoms with Gasteiger partial charge in [-0.25, -0.2) is 9.18 Å². The number of benzene rings is 2. The van der Waals surface area contributed by atoms with Crippen LogP contribution in [0.2, 0.25) is 0 Å². The lowest BCUT2D eigenvalue weighted by molar-refractivity contribution is 0.122. The second-order valence-electron chi connectivity index (χ2n) is 7.75. The van der Waals surface area contributed by atoms with Crippen molar-refractivity contribution in [2.45, 2.75) is 44.7 Å². The molecule has 5 heteroatoms. The molecular formula is C22H25FN2O2. The number of hydrogen-bond donors (Lipinski definition) is 2. The van der Waals surface area contributed by atoms with Gasteiger partial charge in [0.15, 0.2) is 0 Å². The Morgan fingerprint density at radius 3 is 2.56 bits per heavy atom. The summed E-state index contributed by atoms with van der Waals surface area (Å²) in [7, 11) is 0. The first-order valence-corrected chi connectivity index (χ1v) is 9.63. The van der Waals surface area contributed by atoms with E-state index >= 15 is 0 Å². The minimum absolute atomic E-state index is 0.281. The van der Waals surface area contributed by atoms with Gasteiger partial charge in [0, 0.05) is 17.6 Å². The Kier molecular flexibility index (Phi) is 5.12. The van der Waals surface area contributed by atoms with E-state index in [0.29, 0.717) is 30.3 Å². The number of nitrogens with one attached hydrogen (secondary N) is 2. The van der Waals surface area contributed by atoms with Gasteiger partial charge in [0.05, 0.1) is 12.3 Å². The molecule has 4 rings (SSSR count). The van der Waals surface area contributed by atoms with Gasteiger partial charge < -0.3 is 10.1 Å². The number of carbonyl (C=O) groups excluding carboxylic acids is 1. The van der Waals surface area contributed by atoms with Gasteiger partial charge in [0.1, 0.15) is 5.82 Å². The zero-order valence-corrected chi connectivity index (χ0v) is 15.5. The fourth-order valence-electron chi connectivity index (χ4n) is 4.29. The molecule has 142 valence electrons. The number of rotatable bonds is 4. The lowest BCUT2D eigenvalue weighted by Gasteiger charge is -2.28. The molecule has 0 radical (unpaired) electrons. The predicted octanol–water partition coefficient (Wildman–Crippen LogP) is 4.88. The normalized spacial score (nSPS) is 23.9. The van der Waals surface area contributed by atoms with Gasteiger partial charge in [-0.3, -0.25) is 5.32 Å². The first-order chi connectivity index (χ1) is 13.1. The molecule has 2 aliphatic heterocycles. The van der Waals surface area contributed by atoms with Crippen LogP contribution in [0.5, 0.6) is 0 Å². The lowest BCUT2D eigenvalue weighted by atomic mass is 9.93. The van der Waals surface area contributed by atoms with E-state index in [4.69, 9.17) is 4.74 Å². The lowest BCUT2D eigenvalue weighted by Crippen LogP contribution is -2.39. The second-order valence-corrected chi connectivity index (χ2v) is 7.75. The number of ether oxygens (including phenoxy) is 1. The highest BCUT2D eigenvalue weighted by molar-refractivity contribution is 5.91. The number of amides is 1. The molecule has 2 unspecified atom stereocenters. The molecule has 2 saturated heterocycles. The zero-order chi connectivity index (χ0) is 18.8. The van der Waals surface area contributed by atoms with Gasteiger partial charge in [-0.1, -0.05) is 23.8 Å². The van der Waals surface area contributed by atoms with Crippen LogP contribution in [0.1, 0.15) is 31.2 Å². The first-order valence-electron chi connectivity index (χ1n) is 9.63. The number of piperidine rings is 1. The minimum Gasteiger partial charge on any atom is -0.449 e. The number of carbonyl (C=O) groups is 1. The summed E-state index contributed by atoms with van der Waals surface area (Å²) in [5.41, 5.74) is 3.44. The van der Waals surface area contributed by atoms with Gasteiger partial charge in [-0.2, -0.15) is 0 Å². The molecule has 2 fully saturated rings. The van der Waals surface area contributed by atoms with Crippen LogP contribution in [-0.2, 0) is 4.74 Å². The topological polar surface area (TPSA) is 50.4 Å². The van der Waals surface area contributed by atoms with Crippen LogP contribution in [0.4, 0.5) is 14.9 Å². The van der Waals surface area contributed by atoms with E-state index in [2.05, 4.69) is 10.6 Å². The second kappa shape index (κ2) is 7.69. The van der Waals surface area contributed by atoms with Crippen LogP contribution in [0, 0.1) is 18.7 Å². The molecule has 27 heavy (non-hydrogen) atoms. The number of hydrogen-bond acceptors (Lipinski definition) is 3. The molecule has 0 aromatic heterocycles. The first kappa shape index (κ1) is 18.0. The van der Waals surface area contributed by atoms with E-state index in [9.17, 15) is 9.18 Å². The van der Waals surface area contributed by atoms with Gasteiger partial charge >= 0.3 is 6.09 Å². The van der Waals surface area contributed by atoms with Gasteiger partial charge in [0.25, 0.3) is 0 Å². The van der Waals surface area contributed by atoms with Crippen LogP contribution in [0.25, 0.3) is 11.1 Å². The minimum atomic E-state index is -0.437. The van der Waals surface area contributed by atoms with E-state index < -0.39 is 6.09 Å². The maximum absolute atomic E-state index is 13.2. The maximum atomic E-state index is 13.2. The van der Waals surface area contributed by atoms with Crippen molar-refractivity contribution >= 4 is 11.8 Å². The highest BCUT2D eigenvalue weighted by Crippen LogP contribution is 2.32. The largest absolute Gasteiger partial charge is 0.449 e. The standard InChI is InChI=1S/C22H25FN2O2/c1-14-2-9-21(20(10-14)16-3-5-17(23)6-4-16)25-22(26)27-13-15-11-18-7-8-19(12-15)24-18/h2-6,9-10,15,18-19,24H,7-8,11-13H2,1H3,(H,25,26). The van der Waals surface area contributed by atoms with Crippen molar-refractivity contribution in [3.05, 3.63) is 53.8 Å². The fraction of sp³-hybridized carbons (Fsp3) is 0.409. The van der Waals surface area contributed by atoms with E-state index in [1.165, 1.54) is 25.0 Å². The van der Waals surface area contributed by atoms with Gasteiger partial charge in [0.2, 0.25) is 0 Å². The molecule has 0 aliphatic carbocycles. The van der Waals surface area contributed by atoms with Crippen molar-refractivity contribution in [1.82, 2.24) is 5.32 Å². The summed E-state index contributed by atoms with van der Waals surface area (Å²) in [4.78, 5) is 12.3. The predicted molar refractivity (Wildman–Crippen MR) is 104 cm³/mol. The summed E-state index contributed by atoms with van der Waals surface area (Å²) >= 11 is 0. The Bertz CT molecular complexity index is 810. The Morgan fingerprint density at radius 1 is 1.15 bits per heavy atom. The maximum Gasteiger partial charge on any atom is 0.411 e. The molecule has 2 aromatic rings. The Balaban J connectivity index is 1.41. The summed E-state index contributed by atoms with van der Waals surface area (Å²) in [6.07, 6.45) is 4.19. The molecule has 2 aliphatic rings. The number of anilines is 1. The number of halogens is 1. The molecule has 4 nitrogen and oxygen atoms in total. The Morgan fingerprint density at radius 2 is 1.85 bits per heavy atom. The van der Waals surface area contributed by atoms with Crippen molar-refractivity contribution in [3.63, 3.8) is 0 Å². The van der Waals surface area contributed by atoms with Crippen molar-refractivity contribution < 1.29 is 13.9 Å². The van der Waals surface area contributed by atoms with Gasteiger partial charge in [-0.15, -0.1) is 0 Å². The average molecular weight is 368 g/mol. The van der Waals surface area contributed by atoms with Crippen LogP contribution >= 0.6 is 0 Å². The average Bonchev–Trinajstić information content (AvgIpc) is 3.00. The third-order valence-corrected chi connectivity index (χ3v) is 5.59. The van der Waals surface area contributed by atoms with E-state index in [-0.39, 0.29) is 5.82 Å². The summed E-state index contributed by atoms with van der Waals surface area (Å²) < 4.78 is 18.7. The molecule has 0 spiro atoms. The van der Waals surface area contributed by atoms with Crippen molar-refractivity contribution in [2.75, 3.05) is 11.9 Å². The highest BCUT2D eigenvalue weighted by atomic mass is 19.1. The van der Waals surface area contributed by atoms with Crippen LogP contribution < -0.4 is 10.6 Å². The molecule has 1 amide bonds. The Labute approximate surface area is 159 Å². The summed E-state index contributed by atoms with van der Waals surface area (Å²) in [6.45, 7) is 2.44. The van der Waals surface area contributed by atoms with E-state index in [0.717, 1.165) is 29.5 Å². The quantitative estimate of drug-likeness (QED) is 0.809. The monoisotopic (exact) mass is 368 g/mol. The number of fused-ring (bicyclic) bond motifs is 2. The molecular weight excluding hydrogens is 343 g/mol. The summed E-state index contributed by atoms with van der Waals surface area (Å²) in [5, 5.41) is 6.46. The molecule has 2 bridgehead atoms. The molecule has 2 atom stereocenters. The third kappa shape index (κ3) is 4.30. The molecule has 2 heterocycles. The van der Waals surface area contributed by atoms with Crippen LogP contribution in [0.3, 0.4) is 0 Å². The zero-order valence-electron chi connectivity index (χ0n) is 15.5. The third-order valence-electron chi connectivity index (χ3n) is 5.59. The number of aryl methyl sites for hydroxylation is 1. The van der Waals surface area contributed by atoms with Crippen molar-refractivity contribution in [1.29, 1.82) is 0 Å². The summed E-state index contributed by atoms with van der Waals surface area (Å²) in [5.74, 6) is 0.153. The highest BCUT2D eigenvalue weighted by Gasteiger charge is 2.33. The molecule has 0 saturated carbocycles. The van der Waals surface area contributed by atoms with Crippen LogP contribution in [0.15, 0.2) is 42.5 Å². The van der Waals surface area contributed by atoms with Gasteiger partial charge in [-0.05, 0) is 68.4 Å². The fourth-order valence-corrected chi connectivity index (χ4v) is 4.29. The SMILES string of the molecule is Cc1ccc(NC(=O)OCC2CC3CCC(C2)N3)c(-c2ccc(F)cc2)c1. The smallest absolute Gasteiger partial charge is 0.411 e. The van der Waals surface area contributed by atoms with Crippen molar-refractivity contribution in [3.8, 4) is 11.1 Å². The van der Waals surface area contributed by atoms with Crippen LogP contribution in [-0.4, -0.2) is 24.8 Å². The van der Waals surface area contributed by atoms with Crippen molar-refractivity contribution in [2.24, 2.45) is 5.92 Å². The van der Waals surface area contributed by atoms with E-state index in [1.807, 2.05) is 25.1 Å². The Hall–Kier alpha value is -2.40.